The first-order chi connectivity index (χ1) is 13.1. The van der Waals surface area contributed by atoms with Crippen molar-refractivity contribution in [3.8, 4) is 0 Å². The predicted molar refractivity (Wildman–Crippen MR) is 108 cm³/mol. The Morgan fingerprint density at radius 3 is 2.67 bits per heavy atom. The number of hydrogen-bond acceptors (Lipinski definition) is 4. The van der Waals surface area contributed by atoms with Gasteiger partial charge in [0, 0.05) is 16.0 Å². The number of rotatable bonds is 6. The molecule has 5 heteroatoms. The molecule has 0 atom stereocenters. The highest BCUT2D eigenvalue weighted by Crippen LogP contribution is 2.20. The number of esters is 1. The third-order valence-corrected chi connectivity index (χ3v) is 4.22. The summed E-state index contributed by atoms with van der Waals surface area (Å²) in [5.74, 6) is -0.790. The Labute approximate surface area is 162 Å². The summed E-state index contributed by atoms with van der Waals surface area (Å²) in [6.07, 6.45) is 3.37. The molecule has 0 amide bonds. The van der Waals surface area contributed by atoms with Crippen LogP contribution < -0.4 is 0 Å². The molecule has 0 fully saturated rings. The fourth-order valence-corrected chi connectivity index (χ4v) is 2.88. The highest BCUT2D eigenvalue weighted by atomic mass is 35.5. The lowest BCUT2D eigenvalue weighted by Crippen LogP contribution is -2.12. The lowest BCUT2D eigenvalue weighted by atomic mass is 10.0. The molecule has 0 bridgehead atoms. The number of nitrogens with zero attached hydrogens (tertiary/aromatic N) is 1. The topological polar surface area (TPSA) is 56.3 Å². The van der Waals surface area contributed by atoms with Crippen molar-refractivity contribution in [2.45, 2.75) is 13.3 Å². The molecule has 136 valence electrons. The molecule has 1 heterocycles. The number of fused-ring (bicyclic) bond motifs is 1. The molecule has 0 unspecified atom stereocenters. The number of hydrogen-bond donors (Lipinski definition) is 0. The second-order valence-corrected chi connectivity index (χ2v) is 6.34. The van der Waals surface area contributed by atoms with Crippen LogP contribution in [0.25, 0.3) is 23.1 Å². The molecule has 4 nitrogen and oxygen atoms in total. The van der Waals surface area contributed by atoms with E-state index in [0.717, 1.165) is 22.2 Å². The van der Waals surface area contributed by atoms with Gasteiger partial charge in [0.15, 0.2) is 5.78 Å². The van der Waals surface area contributed by atoms with Crippen LogP contribution in [0, 0.1) is 0 Å². The van der Waals surface area contributed by atoms with E-state index in [1.807, 2.05) is 54.6 Å². The number of ether oxygens (including phenoxy) is 1. The summed E-state index contributed by atoms with van der Waals surface area (Å²) in [5, 5.41) is 1.63. The van der Waals surface area contributed by atoms with Gasteiger partial charge in [-0.2, -0.15) is 0 Å². The van der Waals surface area contributed by atoms with E-state index in [1.165, 1.54) is 0 Å². The quantitative estimate of drug-likeness (QED) is 0.336. The molecule has 0 aliphatic carbocycles. The molecule has 3 aromatic rings. The number of benzene rings is 2. The molecule has 0 spiro atoms. The second kappa shape index (κ2) is 8.60. The van der Waals surface area contributed by atoms with Crippen molar-refractivity contribution in [2.24, 2.45) is 0 Å². The van der Waals surface area contributed by atoms with Crippen molar-refractivity contribution >= 4 is 46.4 Å². The second-order valence-electron chi connectivity index (χ2n) is 5.90. The standard InChI is InChI=1S/C22H18ClNO3/c1-2-27-22(26)14-21(25)19-6-4-3-5-15(19)8-11-18-12-9-16-7-10-17(23)13-20(16)24-18/h3-13H,2,14H2,1H3/b11-8+. The number of halogens is 1. The van der Waals surface area contributed by atoms with Crippen LogP contribution in [0.4, 0.5) is 0 Å². The SMILES string of the molecule is CCOC(=O)CC(=O)c1ccccc1/C=C/c1ccc2ccc(Cl)cc2n1. The van der Waals surface area contributed by atoms with E-state index in [1.54, 1.807) is 19.1 Å². The van der Waals surface area contributed by atoms with E-state index in [-0.39, 0.29) is 18.8 Å². The van der Waals surface area contributed by atoms with Crippen molar-refractivity contribution in [1.82, 2.24) is 4.98 Å². The van der Waals surface area contributed by atoms with Gasteiger partial charge in [-0.25, -0.2) is 4.98 Å². The van der Waals surface area contributed by atoms with Gasteiger partial charge in [0.1, 0.15) is 6.42 Å². The van der Waals surface area contributed by atoms with Crippen molar-refractivity contribution in [3.05, 3.63) is 76.4 Å². The van der Waals surface area contributed by atoms with Gasteiger partial charge in [-0.15, -0.1) is 0 Å². The first kappa shape index (κ1) is 18.8. The fourth-order valence-electron chi connectivity index (χ4n) is 2.71. The number of aromatic nitrogens is 1. The molecule has 0 saturated carbocycles. The Bertz CT molecular complexity index is 1030. The van der Waals surface area contributed by atoms with E-state index in [0.29, 0.717) is 10.6 Å². The van der Waals surface area contributed by atoms with Crippen LogP contribution in [0.1, 0.15) is 35.0 Å². The molecule has 2 aromatic carbocycles. The van der Waals surface area contributed by atoms with Crippen molar-refractivity contribution in [3.63, 3.8) is 0 Å². The molecule has 0 N–H and O–H groups in total. The minimum Gasteiger partial charge on any atom is -0.466 e. The van der Waals surface area contributed by atoms with E-state index >= 15 is 0 Å². The molecular weight excluding hydrogens is 362 g/mol. The third kappa shape index (κ3) is 4.80. The Hall–Kier alpha value is -2.98. The maximum Gasteiger partial charge on any atom is 0.313 e. The Morgan fingerprint density at radius 1 is 1.07 bits per heavy atom. The molecule has 27 heavy (non-hydrogen) atoms. The van der Waals surface area contributed by atoms with Crippen molar-refractivity contribution in [2.75, 3.05) is 6.61 Å². The largest absolute Gasteiger partial charge is 0.466 e. The number of carbonyl (C=O) groups excluding carboxylic acids is 2. The zero-order chi connectivity index (χ0) is 19.2. The minimum atomic E-state index is -0.519. The number of ketones is 1. The number of Topliss-reactive ketones (excluding diaryl/α,β-unsaturated/α-hetero) is 1. The van der Waals surface area contributed by atoms with E-state index < -0.39 is 5.97 Å². The maximum atomic E-state index is 12.4. The summed E-state index contributed by atoms with van der Waals surface area (Å²) in [7, 11) is 0. The normalized spacial score (nSPS) is 11.0. The Balaban J connectivity index is 1.85. The summed E-state index contributed by atoms with van der Waals surface area (Å²) >= 11 is 6.03. The van der Waals surface area contributed by atoms with Gasteiger partial charge in [0.2, 0.25) is 0 Å². The molecule has 1 aromatic heterocycles. The van der Waals surface area contributed by atoms with Gasteiger partial charge in [0.25, 0.3) is 0 Å². The molecule has 0 aliphatic heterocycles. The lowest BCUT2D eigenvalue weighted by Gasteiger charge is -2.05. The van der Waals surface area contributed by atoms with Crippen LogP contribution in [-0.2, 0) is 9.53 Å². The van der Waals surface area contributed by atoms with Crippen LogP contribution in [0.15, 0.2) is 54.6 Å². The van der Waals surface area contributed by atoms with E-state index in [2.05, 4.69) is 4.98 Å². The van der Waals surface area contributed by atoms with Crippen LogP contribution in [-0.4, -0.2) is 23.3 Å². The summed E-state index contributed by atoms with van der Waals surface area (Å²) in [6.45, 7) is 1.97. The van der Waals surface area contributed by atoms with E-state index in [9.17, 15) is 9.59 Å². The zero-order valence-electron chi connectivity index (χ0n) is 14.8. The van der Waals surface area contributed by atoms with Gasteiger partial charge in [0.05, 0.1) is 17.8 Å². The monoisotopic (exact) mass is 379 g/mol. The Kier molecular flexibility index (Phi) is 5.99. The zero-order valence-corrected chi connectivity index (χ0v) is 15.6. The molecule has 3 rings (SSSR count). The third-order valence-electron chi connectivity index (χ3n) is 3.98. The first-order valence-corrected chi connectivity index (χ1v) is 8.97. The van der Waals surface area contributed by atoms with E-state index in [4.69, 9.17) is 16.3 Å². The minimum absolute atomic E-state index is 0.255. The molecular formula is C22H18ClNO3. The predicted octanol–water partition coefficient (Wildman–Crippen LogP) is 5.19. The highest BCUT2D eigenvalue weighted by molar-refractivity contribution is 6.31. The molecule has 0 aliphatic rings. The summed E-state index contributed by atoms with van der Waals surface area (Å²) in [5.41, 5.74) is 2.75. The van der Waals surface area contributed by atoms with Gasteiger partial charge >= 0.3 is 5.97 Å². The van der Waals surface area contributed by atoms with Crippen molar-refractivity contribution < 1.29 is 14.3 Å². The number of carbonyl (C=O) groups is 2. The average Bonchev–Trinajstić information content (AvgIpc) is 2.66. The lowest BCUT2D eigenvalue weighted by molar-refractivity contribution is -0.141. The van der Waals surface area contributed by atoms with Crippen molar-refractivity contribution in [1.29, 1.82) is 0 Å². The van der Waals surface area contributed by atoms with Crippen LogP contribution in [0.2, 0.25) is 5.02 Å². The van der Waals surface area contributed by atoms with Crippen LogP contribution >= 0.6 is 11.6 Å². The van der Waals surface area contributed by atoms with Gasteiger partial charge < -0.3 is 4.74 Å². The summed E-state index contributed by atoms with van der Waals surface area (Å²) in [4.78, 5) is 28.6. The van der Waals surface area contributed by atoms with Gasteiger partial charge in [-0.1, -0.05) is 54.1 Å². The average molecular weight is 380 g/mol. The van der Waals surface area contributed by atoms with Crippen LogP contribution in [0.5, 0.6) is 0 Å². The fraction of sp³-hybridized carbons (Fsp3) is 0.136. The maximum absolute atomic E-state index is 12.4. The Morgan fingerprint density at radius 2 is 1.85 bits per heavy atom. The highest BCUT2D eigenvalue weighted by Gasteiger charge is 2.14. The molecule has 0 radical (unpaired) electrons. The smallest absolute Gasteiger partial charge is 0.313 e. The summed E-state index contributed by atoms with van der Waals surface area (Å²) < 4.78 is 4.86. The number of pyridine rings is 1. The van der Waals surface area contributed by atoms with Gasteiger partial charge in [-0.05, 0) is 36.8 Å². The molecule has 0 saturated heterocycles. The van der Waals surface area contributed by atoms with Crippen LogP contribution in [0.3, 0.4) is 0 Å². The van der Waals surface area contributed by atoms with Gasteiger partial charge in [-0.3, -0.25) is 9.59 Å². The summed E-state index contributed by atoms with van der Waals surface area (Å²) in [6, 6.07) is 16.6. The first-order valence-electron chi connectivity index (χ1n) is 8.59.